The maximum atomic E-state index is 2.47. The first kappa shape index (κ1) is 35.2. The summed E-state index contributed by atoms with van der Waals surface area (Å²) in [5.74, 6) is 0. The Balaban J connectivity index is 0.980. The van der Waals surface area contributed by atoms with E-state index in [1.165, 1.54) is 88.1 Å². The van der Waals surface area contributed by atoms with Crippen LogP contribution >= 0.6 is 0 Å². The van der Waals surface area contributed by atoms with Crippen LogP contribution in [0, 0.1) is 0 Å². The van der Waals surface area contributed by atoms with Gasteiger partial charge in [-0.25, -0.2) is 0 Å². The molecule has 0 fully saturated rings. The maximum Gasteiger partial charge on any atom is 0.0561 e. The Kier molecular flexibility index (Phi) is 7.48. The van der Waals surface area contributed by atoms with E-state index < -0.39 is 0 Å². The van der Waals surface area contributed by atoms with Crippen LogP contribution in [0.25, 0.3) is 77.2 Å². The van der Waals surface area contributed by atoms with Gasteiger partial charge in [0.25, 0.3) is 0 Å². The number of aryl methyl sites for hydroxylation is 2. The van der Waals surface area contributed by atoms with Crippen LogP contribution in [0.4, 0.5) is 17.1 Å². The van der Waals surface area contributed by atoms with Gasteiger partial charge in [0.1, 0.15) is 0 Å². The number of benzene rings is 9. The van der Waals surface area contributed by atoms with E-state index in [2.05, 4.69) is 228 Å². The number of hydrogen-bond acceptors (Lipinski definition) is 1. The van der Waals surface area contributed by atoms with Crippen molar-refractivity contribution in [1.82, 2.24) is 9.13 Å². The number of rotatable bonds is 5. The first-order chi connectivity index (χ1) is 30.5. The molecule has 0 spiro atoms. The van der Waals surface area contributed by atoms with Crippen molar-refractivity contribution in [3.8, 4) is 33.6 Å². The molecule has 13 rings (SSSR count). The van der Waals surface area contributed by atoms with Gasteiger partial charge in [0.15, 0.2) is 0 Å². The van der Waals surface area contributed by atoms with Crippen LogP contribution in [0.5, 0.6) is 0 Å². The minimum atomic E-state index is -0.0929. The molecule has 2 aliphatic rings. The minimum absolute atomic E-state index is 0.0929. The zero-order chi connectivity index (χ0) is 41.1. The number of hydrogen-bond donors (Lipinski definition) is 0. The van der Waals surface area contributed by atoms with Crippen LogP contribution < -0.4 is 4.90 Å². The predicted molar refractivity (Wildman–Crippen MR) is 260 cm³/mol. The maximum absolute atomic E-state index is 2.47. The monoisotopic (exact) mass is 793 g/mol. The molecule has 2 heterocycles. The number of fused-ring (bicyclic) bond motifs is 13. The van der Waals surface area contributed by atoms with E-state index in [0.29, 0.717) is 0 Å². The molecule has 0 amide bonds. The second-order valence-electron chi connectivity index (χ2n) is 17.6. The molecule has 0 radical (unpaired) electrons. The van der Waals surface area contributed by atoms with E-state index in [0.717, 1.165) is 41.3 Å². The average molecular weight is 794 g/mol. The number of para-hydroxylation sites is 3. The fraction of sp³-hybridized carbons (Fsp3) is 0.0847. The molecule has 0 saturated heterocycles. The number of anilines is 3. The fourth-order valence-electron chi connectivity index (χ4n) is 11.2. The molecule has 3 heteroatoms. The van der Waals surface area contributed by atoms with Crippen LogP contribution in [-0.4, -0.2) is 9.13 Å². The Hall–Kier alpha value is -7.62. The summed E-state index contributed by atoms with van der Waals surface area (Å²) in [4.78, 5) is 2.40. The summed E-state index contributed by atoms with van der Waals surface area (Å²) in [5.41, 5.74) is 21.6. The molecular formula is C59H43N3. The van der Waals surface area contributed by atoms with Crippen molar-refractivity contribution >= 4 is 60.7 Å². The SMILES string of the molecule is CC1(C)c2ccccc2-c2cc3c4ccc(N(c5ccccc5)c5ccc(-n6c7ccccc7c7c8c(ccc76)-c6ccccc6CC8)cc5)cc4n(-c4ccccc4)c3cc21. The van der Waals surface area contributed by atoms with Crippen molar-refractivity contribution in [3.05, 3.63) is 222 Å². The van der Waals surface area contributed by atoms with E-state index in [1.807, 2.05) is 0 Å². The van der Waals surface area contributed by atoms with Gasteiger partial charge >= 0.3 is 0 Å². The van der Waals surface area contributed by atoms with E-state index in [4.69, 9.17) is 0 Å². The highest BCUT2D eigenvalue weighted by Gasteiger charge is 2.36. The van der Waals surface area contributed by atoms with Crippen molar-refractivity contribution in [2.24, 2.45) is 0 Å². The highest BCUT2D eigenvalue weighted by molar-refractivity contribution is 6.14. The highest BCUT2D eigenvalue weighted by Crippen LogP contribution is 2.51. The number of aromatic nitrogens is 2. The minimum Gasteiger partial charge on any atom is -0.310 e. The molecule has 9 aromatic carbocycles. The molecule has 3 nitrogen and oxygen atoms in total. The summed E-state index contributed by atoms with van der Waals surface area (Å²) in [6.07, 6.45) is 2.11. The van der Waals surface area contributed by atoms with Crippen LogP contribution in [0.1, 0.15) is 36.1 Å². The quantitative estimate of drug-likeness (QED) is 0.169. The summed E-state index contributed by atoms with van der Waals surface area (Å²) < 4.78 is 4.93. The van der Waals surface area contributed by atoms with Crippen molar-refractivity contribution in [2.45, 2.75) is 32.1 Å². The van der Waals surface area contributed by atoms with Crippen molar-refractivity contribution in [3.63, 3.8) is 0 Å². The zero-order valence-electron chi connectivity index (χ0n) is 34.8. The van der Waals surface area contributed by atoms with E-state index >= 15 is 0 Å². The van der Waals surface area contributed by atoms with Crippen LogP contribution in [0.15, 0.2) is 200 Å². The molecule has 11 aromatic rings. The van der Waals surface area contributed by atoms with E-state index in [1.54, 1.807) is 0 Å². The Bertz CT molecular complexity index is 3590. The lowest BCUT2D eigenvalue weighted by Gasteiger charge is -2.26. The first-order valence-corrected chi connectivity index (χ1v) is 21.9. The standard InChI is InChI=1S/C59H43N3/c1-59(2)52-23-13-11-21-46(52)50-36-51-47-32-30-43(35-56(47)62(57(51)37-53(50)59)40-18-7-4-8-19-40)60(39-16-5-3-6-17-39)41-26-28-42(29-27-41)61-54-24-14-12-22-49(54)58-48-31-25-38-15-9-10-20-44(38)45(48)33-34-55(58)61/h3-24,26-30,32-37H,25,31H2,1-2H3. The van der Waals surface area contributed by atoms with Crippen molar-refractivity contribution in [2.75, 3.05) is 4.90 Å². The summed E-state index contributed by atoms with van der Waals surface area (Å²) in [7, 11) is 0. The normalized spacial score (nSPS) is 13.6. The second kappa shape index (κ2) is 13.2. The third-order valence-electron chi connectivity index (χ3n) is 14.0. The third kappa shape index (κ3) is 5.00. The van der Waals surface area contributed by atoms with Crippen LogP contribution in [-0.2, 0) is 18.3 Å². The van der Waals surface area contributed by atoms with Gasteiger partial charge in [-0.05, 0) is 142 Å². The lowest BCUT2D eigenvalue weighted by atomic mass is 9.82. The van der Waals surface area contributed by atoms with Crippen LogP contribution in [0.2, 0.25) is 0 Å². The molecule has 0 aliphatic heterocycles. The summed E-state index contributed by atoms with van der Waals surface area (Å²) in [6.45, 7) is 4.74. The summed E-state index contributed by atoms with van der Waals surface area (Å²) >= 11 is 0. The Morgan fingerprint density at radius 1 is 0.387 bits per heavy atom. The second-order valence-corrected chi connectivity index (χ2v) is 17.6. The highest BCUT2D eigenvalue weighted by atomic mass is 15.1. The Morgan fingerprint density at radius 3 is 1.87 bits per heavy atom. The molecule has 2 aromatic heterocycles. The van der Waals surface area contributed by atoms with E-state index in [-0.39, 0.29) is 5.41 Å². The molecule has 0 bridgehead atoms. The van der Waals surface area contributed by atoms with Gasteiger partial charge in [0.2, 0.25) is 0 Å². The smallest absolute Gasteiger partial charge is 0.0561 e. The molecule has 0 unspecified atom stereocenters. The zero-order valence-corrected chi connectivity index (χ0v) is 34.8. The molecule has 62 heavy (non-hydrogen) atoms. The molecule has 0 atom stereocenters. The lowest BCUT2D eigenvalue weighted by Crippen LogP contribution is -2.14. The van der Waals surface area contributed by atoms with Gasteiger partial charge < -0.3 is 14.0 Å². The van der Waals surface area contributed by atoms with Gasteiger partial charge in [-0.3, -0.25) is 0 Å². The van der Waals surface area contributed by atoms with Crippen LogP contribution in [0.3, 0.4) is 0 Å². The van der Waals surface area contributed by atoms with Gasteiger partial charge in [0.05, 0.1) is 22.1 Å². The molecule has 0 saturated carbocycles. The predicted octanol–water partition coefficient (Wildman–Crippen LogP) is 15.4. The molecule has 2 aliphatic carbocycles. The third-order valence-corrected chi connectivity index (χ3v) is 14.0. The molecular weight excluding hydrogens is 751 g/mol. The first-order valence-electron chi connectivity index (χ1n) is 21.9. The average Bonchev–Trinajstić information content (AvgIpc) is 3.91. The topological polar surface area (TPSA) is 13.1 Å². The number of nitrogens with zero attached hydrogens (tertiary/aromatic N) is 3. The van der Waals surface area contributed by atoms with E-state index in [9.17, 15) is 0 Å². The molecule has 294 valence electrons. The van der Waals surface area contributed by atoms with Gasteiger partial charge in [-0.2, -0.15) is 0 Å². The largest absolute Gasteiger partial charge is 0.310 e. The van der Waals surface area contributed by atoms with Gasteiger partial charge in [-0.15, -0.1) is 0 Å². The van der Waals surface area contributed by atoms with Crippen molar-refractivity contribution < 1.29 is 0 Å². The Morgan fingerprint density at radius 2 is 1.03 bits per heavy atom. The van der Waals surface area contributed by atoms with Gasteiger partial charge in [-0.1, -0.05) is 129 Å². The Labute approximate surface area is 361 Å². The van der Waals surface area contributed by atoms with Crippen molar-refractivity contribution in [1.29, 1.82) is 0 Å². The summed E-state index contributed by atoms with van der Waals surface area (Å²) in [5, 5.41) is 5.21. The van der Waals surface area contributed by atoms with Gasteiger partial charge in [0, 0.05) is 55.4 Å². The molecule has 0 N–H and O–H groups in total. The lowest BCUT2D eigenvalue weighted by molar-refractivity contribution is 0.661. The fourth-order valence-corrected chi connectivity index (χ4v) is 11.2. The summed E-state index contributed by atoms with van der Waals surface area (Å²) in [6, 6.07) is 74.3.